The van der Waals surface area contributed by atoms with Crippen LogP contribution >= 0.6 is 11.3 Å². The van der Waals surface area contributed by atoms with Crippen LogP contribution in [0, 0.1) is 18.8 Å². The van der Waals surface area contributed by atoms with Gasteiger partial charge >= 0.3 is 10.1 Å². The van der Waals surface area contributed by atoms with E-state index in [0.717, 1.165) is 10.4 Å². The molecule has 7 heteroatoms. The molecule has 0 N–H and O–H groups in total. The summed E-state index contributed by atoms with van der Waals surface area (Å²) in [5.41, 5.74) is 1.70. The summed E-state index contributed by atoms with van der Waals surface area (Å²) in [6, 6.07) is 25.5. The topological polar surface area (TPSA) is 63.7 Å². The van der Waals surface area contributed by atoms with Crippen LogP contribution in [0.3, 0.4) is 0 Å². The second kappa shape index (κ2) is 10.4. The standard InChI is InChI=1S/C27H21NO4S2/c1-21-15-17-24(18-16-21)34(30,31)32-26-14-6-5-13-25(26)28(19-7-11-23-12-8-20-33-23)27(29)22-9-3-2-4-10-22/h2-6,8-10,12-18,20H,19H2,1H3. The highest BCUT2D eigenvalue weighted by atomic mass is 32.2. The van der Waals surface area contributed by atoms with E-state index in [2.05, 4.69) is 11.8 Å². The summed E-state index contributed by atoms with van der Waals surface area (Å²) in [6.45, 7) is 1.92. The van der Waals surface area contributed by atoms with Crippen LogP contribution in [-0.2, 0) is 10.1 Å². The van der Waals surface area contributed by atoms with E-state index in [0.29, 0.717) is 11.3 Å². The van der Waals surface area contributed by atoms with Crippen LogP contribution in [-0.4, -0.2) is 20.9 Å². The first-order valence-corrected chi connectivity index (χ1v) is 12.7. The molecule has 0 spiro atoms. The molecular formula is C27H21NO4S2. The molecule has 0 unspecified atom stereocenters. The first kappa shape index (κ1) is 23.3. The van der Waals surface area contributed by atoms with Gasteiger partial charge in [0.2, 0.25) is 0 Å². The largest absolute Gasteiger partial charge is 0.377 e. The van der Waals surface area contributed by atoms with Gasteiger partial charge in [0.25, 0.3) is 5.91 Å². The van der Waals surface area contributed by atoms with Crippen LogP contribution in [0.2, 0.25) is 0 Å². The van der Waals surface area contributed by atoms with Crippen LogP contribution in [0.15, 0.2) is 101 Å². The van der Waals surface area contributed by atoms with Crippen molar-refractivity contribution in [3.8, 4) is 17.6 Å². The van der Waals surface area contributed by atoms with Crippen molar-refractivity contribution < 1.29 is 17.4 Å². The Morgan fingerprint density at radius 1 is 0.912 bits per heavy atom. The average Bonchev–Trinajstić information content (AvgIpc) is 3.36. The van der Waals surface area contributed by atoms with Gasteiger partial charge in [-0.15, -0.1) is 11.3 Å². The van der Waals surface area contributed by atoms with Gasteiger partial charge in [-0.25, -0.2) is 0 Å². The lowest BCUT2D eigenvalue weighted by Gasteiger charge is -2.23. The predicted octanol–water partition coefficient (Wildman–Crippen LogP) is 5.52. The SMILES string of the molecule is Cc1ccc(S(=O)(=O)Oc2ccccc2N(CC#Cc2cccs2)C(=O)c2ccccc2)cc1. The van der Waals surface area contributed by atoms with Crippen molar-refractivity contribution in [3.63, 3.8) is 0 Å². The van der Waals surface area contributed by atoms with Gasteiger partial charge in [0.1, 0.15) is 4.90 Å². The van der Waals surface area contributed by atoms with Crippen LogP contribution < -0.4 is 9.08 Å². The van der Waals surface area contributed by atoms with Crippen LogP contribution in [0.25, 0.3) is 0 Å². The predicted molar refractivity (Wildman–Crippen MR) is 135 cm³/mol. The fourth-order valence-corrected chi connectivity index (χ4v) is 4.72. The van der Waals surface area contributed by atoms with E-state index in [4.69, 9.17) is 4.18 Å². The number of hydrogen-bond acceptors (Lipinski definition) is 5. The molecular weight excluding hydrogens is 466 g/mol. The van der Waals surface area contributed by atoms with Gasteiger partial charge in [-0.1, -0.05) is 65.9 Å². The number of carbonyl (C=O) groups excluding carboxylic acids is 1. The molecule has 3 aromatic carbocycles. The molecule has 0 aliphatic rings. The maximum Gasteiger partial charge on any atom is 0.339 e. The maximum absolute atomic E-state index is 13.4. The number of para-hydroxylation sites is 2. The lowest BCUT2D eigenvalue weighted by atomic mass is 10.1. The van der Waals surface area contributed by atoms with Crippen molar-refractivity contribution in [3.05, 3.63) is 112 Å². The number of aryl methyl sites for hydroxylation is 1. The summed E-state index contributed by atoms with van der Waals surface area (Å²) < 4.78 is 31.4. The van der Waals surface area contributed by atoms with Crippen molar-refractivity contribution in [2.45, 2.75) is 11.8 Å². The van der Waals surface area contributed by atoms with E-state index in [1.807, 2.05) is 30.5 Å². The fraction of sp³-hybridized carbons (Fsp3) is 0.0741. The zero-order chi connectivity index (χ0) is 24.0. The summed E-state index contributed by atoms with van der Waals surface area (Å²) in [7, 11) is -4.10. The summed E-state index contributed by atoms with van der Waals surface area (Å²) >= 11 is 1.50. The Balaban J connectivity index is 1.71. The summed E-state index contributed by atoms with van der Waals surface area (Å²) in [5.74, 6) is 5.80. The highest BCUT2D eigenvalue weighted by molar-refractivity contribution is 7.87. The quantitative estimate of drug-likeness (QED) is 0.265. The Labute approximate surface area is 203 Å². The van der Waals surface area contributed by atoms with Gasteiger partial charge in [0, 0.05) is 5.56 Å². The van der Waals surface area contributed by atoms with Crippen molar-refractivity contribution in [1.29, 1.82) is 0 Å². The monoisotopic (exact) mass is 487 g/mol. The van der Waals surface area contributed by atoms with E-state index in [1.165, 1.54) is 34.4 Å². The number of nitrogens with zero attached hydrogens (tertiary/aromatic N) is 1. The Kier molecular flexibility index (Phi) is 7.12. The van der Waals surface area contributed by atoms with E-state index in [-0.39, 0.29) is 23.1 Å². The summed E-state index contributed by atoms with van der Waals surface area (Å²) in [6.07, 6.45) is 0. The number of rotatable bonds is 6. The van der Waals surface area contributed by atoms with Gasteiger partial charge in [0.05, 0.1) is 17.1 Å². The molecule has 1 amide bonds. The number of carbonyl (C=O) groups is 1. The molecule has 0 radical (unpaired) electrons. The van der Waals surface area contributed by atoms with Gasteiger partial charge in [-0.3, -0.25) is 9.69 Å². The second-order valence-electron chi connectivity index (χ2n) is 7.35. The van der Waals surface area contributed by atoms with E-state index < -0.39 is 10.1 Å². The average molecular weight is 488 g/mol. The molecule has 0 aliphatic heterocycles. The minimum Gasteiger partial charge on any atom is -0.377 e. The number of amides is 1. The number of hydrogen-bond donors (Lipinski definition) is 0. The molecule has 1 aromatic heterocycles. The molecule has 4 rings (SSSR count). The Morgan fingerprint density at radius 2 is 1.62 bits per heavy atom. The van der Waals surface area contributed by atoms with Gasteiger partial charge in [-0.2, -0.15) is 8.42 Å². The van der Waals surface area contributed by atoms with Crippen molar-refractivity contribution in [1.82, 2.24) is 0 Å². The zero-order valence-corrected chi connectivity index (χ0v) is 20.0. The zero-order valence-electron chi connectivity index (χ0n) is 18.3. The third-order valence-corrected chi connectivity index (χ3v) is 6.93. The first-order valence-electron chi connectivity index (χ1n) is 10.4. The first-order chi connectivity index (χ1) is 16.4. The molecule has 1 heterocycles. The number of thiophene rings is 1. The third kappa shape index (κ3) is 5.54. The molecule has 170 valence electrons. The highest BCUT2D eigenvalue weighted by Gasteiger charge is 2.24. The lowest BCUT2D eigenvalue weighted by molar-refractivity contribution is 0.0989. The minimum atomic E-state index is -4.10. The maximum atomic E-state index is 13.4. The van der Waals surface area contributed by atoms with Crippen molar-refractivity contribution >= 4 is 33.0 Å². The summed E-state index contributed by atoms with van der Waals surface area (Å²) in [5, 5.41) is 1.93. The molecule has 0 saturated heterocycles. The van der Waals surface area contributed by atoms with Crippen LogP contribution in [0.4, 0.5) is 5.69 Å². The minimum absolute atomic E-state index is 0.0336. The van der Waals surface area contributed by atoms with Crippen LogP contribution in [0.1, 0.15) is 20.8 Å². The number of anilines is 1. The molecule has 0 aliphatic carbocycles. The van der Waals surface area contributed by atoms with Gasteiger partial charge in [-0.05, 0) is 54.8 Å². The van der Waals surface area contributed by atoms with Crippen LogP contribution in [0.5, 0.6) is 5.75 Å². The molecule has 5 nitrogen and oxygen atoms in total. The number of benzene rings is 3. The molecule has 0 bridgehead atoms. The molecule has 0 atom stereocenters. The second-order valence-corrected chi connectivity index (χ2v) is 9.85. The third-order valence-electron chi connectivity index (χ3n) is 4.90. The van der Waals surface area contributed by atoms with E-state index in [9.17, 15) is 13.2 Å². The normalized spacial score (nSPS) is 10.7. The Morgan fingerprint density at radius 3 is 2.32 bits per heavy atom. The van der Waals surface area contributed by atoms with E-state index >= 15 is 0 Å². The molecule has 0 saturated carbocycles. The lowest BCUT2D eigenvalue weighted by Crippen LogP contribution is -2.32. The Bertz CT molecular complexity index is 1430. The van der Waals surface area contributed by atoms with Crippen molar-refractivity contribution in [2.24, 2.45) is 0 Å². The van der Waals surface area contributed by atoms with Gasteiger partial charge < -0.3 is 4.18 Å². The summed E-state index contributed by atoms with van der Waals surface area (Å²) in [4.78, 5) is 15.8. The van der Waals surface area contributed by atoms with E-state index in [1.54, 1.807) is 54.6 Å². The smallest absolute Gasteiger partial charge is 0.339 e. The van der Waals surface area contributed by atoms with Gasteiger partial charge in [0.15, 0.2) is 5.75 Å². The highest BCUT2D eigenvalue weighted by Crippen LogP contribution is 2.31. The molecule has 0 fully saturated rings. The fourth-order valence-electron chi connectivity index (χ4n) is 3.18. The molecule has 4 aromatic rings. The molecule has 34 heavy (non-hydrogen) atoms. The Hall–Kier alpha value is -3.86. The van der Waals surface area contributed by atoms with Crippen molar-refractivity contribution in [2.75, 3.05) is 11.4 Å².